The first-order valence-electron chi connectivity index (χ1n) is 6.71. The van der Waals surface area contributed by atoms with E-state index in [9.17, 15) is 4.79 Å². The Kier molecular flexibility index (Phi) is 4.44. The first-order chi connectivity index (χ1) is 11.1. The summed E-state index contributed by atoms with van der Waals surface area (Å²) in [5.74, 6) is 1.09. The summed E-state index contributed by atoms with van der Waals surface area (Å²) in [5, 5.41) is 8.10. The molecule has 0 aliphatic rings. The van der Waals surface area contributed by atoms with Crippen molar-refractivity contribution in [1.29, 1.82) is 0 Å². The summed E-state index contributed by atoms with van der Waals surface area (Å²) in [6.07, 6.45) is 0. The Labute approximate surface area is 139 Å². The van der Waals surface area contributed by atoms with Gasteiger partial charge >= 0.3 is 5.97 Å². The lowest BCUT2D eigenvalue weighted by Crippen LogP contribution is -2.07. The Bertz CT molecular complexity index is 847. The summed E-state index contributed by atoms with van der Waals surface area (Å²) in [7, 11) is 0. The number of nitrogens with zero attached hydrogens (tertiary/aromatic N) is 4. The summed E-state index contributed by atoms with van der Waals surface area (Å²) < 4.78 is 11.4. The summed E-state index contributed by atoms with van der Waals surface area (Å²) in [6.45, 7) is 3.67. The fourth-order valence-corrected chi connectivity index (χ4v) is 3.39. The van der Waals surface area contributed by atoms with E-state index in [1.165, 1.54) is 23.1 Å². The molecule has 120 valence electrons. The van der Waals surface area contributed by atoms with Crippen LogP contribution in [0, 0.1) is 6.92 Å². The van der Waals surface area contributed by atoms with Gasteiger partial charge in [-0.25, -0.2) is 9.78 Å². The van der Waals surface area contributed by atoms with Gasteiger partial charge < -0.3 is 14.9 Å². The minimum absolute atomic E-state index is 0.197. The highest BCUT2D eigenvalue weighted by atomic mass is 32.2. The molecule has 0 aromatic carbocycles. The number of anilines is 1. The van der Waals surface area contributed by atoms with Crippen LogP contribution in [0.25, 0.3) is 11.1 Å². The molecule has 0 atom stereocenters. The third kappa shape index (κ3) is 3.13. The highest BCUT2D eigenvalue weighted by molar-refractivity contribution is 8.00. The maximum Gasteiger partial charge on any atom is 0.342 e. The monoisotopic (exact) mass is 351 g/mol. The molecule has 0 saturated carbocycles. The van der Waals surface area contributed by atoms with Gasteiger partial charge in [0.15, 0.2) is 4.34 Å². The Hall–Kier alpha value is -2.20. The molecule has 10 heteroatoms. The second kappa shape index (κ2) is 6.50. The topological polar surface area (TPSA) is 117 Å². The first-order valence-corrected chi connectivity index (χ1v) is 8.58. The third-order valence-corrected chi connectivity index (χ3v) is 4.80. The van der Waals surface area contributed by atoms with Gasteiger partial charge in [0.25, 0.3) is 0 Å². The zero-order valence-electron chi connectivity index (χ0n) is 12.4. The predicted octanol–water partition coefficient (Wildman–Crippen LogP) is 2.43. The summed E-state index contributed by atoms with van der Waals surface area (Å²) >= 11 is 2.89. The van der Waals surface area contributed by atoms with Gasteiger partial charge in [-0.15, -0.1) is 10.2 Å². The number of hydrogen-bond acceptors (Lipinski definition) is 10. The lowest BCUT2D eigenvalue weighted by Gasteiger charge is -2.03. The normalized spacial score (nSPS) is 11.0. The fourth-order valence-electron chi connectivity index (χ4n) is 2.05. The van der Waals surface area contributed by atoms with E-state index in [0.29, 0.717) is 22.7 Å². The van der Waals surface area contributed by atoms with E-state index in [4.69, 9.17) is 14.9 Å². The van der Waals surface area contributed by atoms with Crippen molar-refractivity contribution in [3.63, 3.8) is 0 Å². The molecular formula is C13H13N5O3S2. The molecular weight excluding hydrogens is 338 g/mol. The number of ether oxygens (including phenoxy) is 1. The lowest BCUT2D eigenvalue weighted by atomic mass is 10.2. The van der Waals surface area contributed by atoms with Crippen LogP contribution >= 0.6 is 23.1 Å². The van der Waals surface area contributed by atoms with Crippen LogP contribution < -0.4 is 5.73 Å². The maximum absolute atomic E-state index is 12.0. The number of nitrogens with two attached hydrogens (primary N) is 1. The molecule has 0 unspecified atom stereocenters. The number of esters is 1. The van der Waals surface area contributed by atoms with Crippen LogP contribution in [0.4, 0.5) is 5.82 Å². The van der Waals surface area contributed by atoms with E-state index < -0.39 is 5.97 Å². The molecule has 8 nitrogen and oxygen atoms in total. The van der Waals surface area contributed by atoms with Gasteiger partial charge in [0, 0.05) is 0 Å². The molecule has 0 saturated heterocycles. The minimum Gasteiger partial charge on any atom is -0.462 e. The van der Waals surface area contributed by atoms with E-state index in [1.807, 2.05) is 0 Å². The summed E-state index contributed by atoms with van der Waals surface area (Å²) in [4.78, 5) is 20.6. The molecule has 3 heterocycles. The van der Waals surface area contributed by atoms with Crippen molar-refractivity contribution in [1.82, 2.24) is 20.2 Å². The second-order valence-corrected chi connectivity index (χ2v) is 6.51. The molecule has 0 aliphatic heterocycles. The Morgan fingerprint density at radius 3 is 3.00 bits per heavy atom. The van der Waals surface area contributed by atoms with Crippen molar-refractivity contribution < 1.29 is 13.9 Å². The fraction of sp³-hybridized carbons (Fsp3) is 0.308. The van der Waals surface area contributed by atoms with Crippen LogP contribution in [0.3, 0.4) is 0 Å². The van der Waals surface area contributed by atoms with Crippen molar-refractivity contribution in [2.45, 2.75) is 23.9 Å². The van der Waals surface area contributed by atoms with Crippen LogP contribution in [-0.2, 0) is 10.5 Å². The quantitative estimate of drug-likeness (QED) is 0.546. The summed E-state index contributed by atoms with van der Waals surface area (Å²) in [6, 6.07) is 0. The van der Waals surface area contributed by atoms with Gasteiger partial charge in [0.1, 0.15) is 28.5 Å². The third-order valence-electron chi connectivity index (χ3n) is 2.95. The minimum atomic E-state index is -0.491. The Balaban J connectivity index is 1.94. The first kappa shape index (κ1) is 15.7. The lowest BCUT2D eigenvalue weighted by molar-refractivity contribution is 0.0526. The molecule has 0 spiro atoms. The number of aryl methyl sites for hydroxylation is 1. The smallest absolute Gasteiger partial charge is 0.342 e. The Morgan fingerprint density at radius 1 is 1.48 bits per heavy atom. The molecule has 23 heavy (non-hydrogen) atoms. The van der Waals surface area contributed by atoms with Crippen molar-refractivity contribution >= 4 is 46.0 Å². The van der Waals surface area contributed by atoms with Gasteiger partial charge in [0.2, 0.25) is 5.71 Å². The van der Waals surface area contributed by atoms with Crippen molar-refractivity contribution in [2.24, 2.45) is 0 Å². The van der Waals surface area contributed by atoms with Crippen LogP contribution in [-0.4, -0.2) is 32.7 Å². The molecule has 3 aromatic rings. The largest absolute Gasteiger partial charge is 0.462 e. The van der Waals surface area contributed by atoms with Crippen LogP contribution in [0.1, 0.15) is 28.9 Å². The zero-order chi connectivity index (χ0) is 16.4. The summed E-state index contributed by atoms with van der Waals surface area (Å²) in [5.41, 5.74) is 8.22. The number of carbonyl (C=O) groups excluding carboxylic acids is 1. The Morgan fingerprint density at radius 2 is 2.30 bits per heavy atom. The van der Waals surface area contributed by atoms with Crippen molar-refractivity contribution in [3.8, 4) is 0 Å². The average molecular weight is 351 g/mol. The van der Waals surface area contributed by atoms with E-state index >= 15 is 0 Å². The van der Waals surface area contributed by atoms with E-state index in [1.54, 1.807) is 19.4 Å². The molecule has 0 radical (unpaired) electrons. The maximum atomic E-state index is 12.0. The zero-order valence-corrected chi connectivity index (χ0v) is 14.0. The molecule has 0 aliphatic carbocycles. The molecule has 2 N–H and O–H groups in total. The number of carbonyl (C=O) groups is 1. The number of nitrogen functional groups attached to an aromatic ring is 1. The van der Waals surface area contributed by atoms with E-state index in [2.05, 4.69) is 20.2 Å². The average Bonchev–Trinajstić information content (AvgIpc) is 3.12. The van der Waals surface area contributed by atoms with Gasteiger partial charge in [-0.2, -0.15) is 4.98 Å². The molecule has 3 aromatic heterocycles. The van der Waals surface area contributed by atoms with Crippen LogP contribution in [0.2, 0.25) is 0 Å². The SMILES string of the molecule is CCOC(=O)c1c(C)oc2nc(CSc3nncs3)nc(N)c12. The molecule has 0 fully saturated rings. The highest BCUT2D eigenvalue weighted by Gasteiger charge is 2.23. The number of fused-ring (bicyclic) bond motifs is 1. The molecule has 3 rings (SSSR count). The molecule has 0 amide bonds. The van der Waals surface area contributed by atoms with Gasteiger partial charge in [-0.1, -0.05) is 23.1 Å². The van der Waals surface area contributed by atoms with E-state index in [-0.39, 0.29) is 23.7 Å². The number of hydrogen-bond donors (Lipinski definition) is 1. The van der Waals surface area contributed by atoms with Crippen LogP contribution in [0.5, 0.6) is 0 Å². The van der Waals surface area contributed by atoms with Gasteiger partial charge in [-0.3, -0.25) is 0 Å². The standard InChI is InChI=1S/C13H13N5O3S2/c1-3-20-12(19)8-6(2)21-11-9(8)10(14)16-7(17-11)4-22-13-18-15-5-23-13/h5H,3-4H2,1-2H3,(H2,14,16,17). The molecule has 0 bridgehead atoms. The van der Waals surface area contributed by atoms with Crippen LogP contribution in [0.15, 0.2) is 14.3 Å². The van der Waals surface area contributed by atoms with Gasteiger partial charge in [-0.05, 0) is 13.8 Å². The second-order valence-electron chi connectivity index (χ2n) is 4.45. The number of aromatic nitrogens is 4. The van der Waals surface area contributed by atoms with Gasteiger partial charge in [0.05, 0.1) is 17.7 Å². The van der Waals surface area contributed by atoms with Crippen molar-refractivity contribution in [3.05, 3.63) is 22.7 Å². The van der Waals surface area contributed by atoms with Crippen molar-refractivity contribution in [2.75, 3.05) is 12.3 Å². The predicted molar refractivity (Wildman–Crippen MR) is 86.4 cm³/mol. The number of thioether (sulfide) groups is 1. The number of furan rings is 1. The number of rotatable bonds is 5. The van der Waals surface area contributed by atoms with E-state index in [0.717, 1.165) is 4.34 Å². The highest BCUT2D eigenvalue weighted by Crippen LogP contribution is 2.30.